The molecule has 0 spiro atoms. The molecule has 2 aromatic rings. The first-order valence-electron chi connectivity index (χ1n) is 8.94. The number of nitrogens with zero attached hydrogens (tertiary/aromatic N) is 2. The van der Waals surface area contributed by atoms with Crippen LogP contribution in [0.1, 0.15) is 37.3 Å². The first-order chi connectivity index (χ1) is 12.2. The summed E-state index contributed by atoms with van der Waals surface area (Å²) in [4.78, 5) is 15.9. The number of benzene rings is 1. The second kappa shape index (κ2) is 8.76. The van der Waals surface area contributed by atoms with Crippen LogP contribution in [0.25, 0.3) is 0 Å². The lowest BCUT2D eigenvalue weighted by Gasteiger charge is -2.24. The van der Waals surface area contributed by atoms with Crippen LogP contribution in [0, 0.1) is 11.7 Å². The van der Waals surface area contributed by atoms with Crippen molar-refractivity contribution in [3.05, 3.63) is 54.4 Å². The Morgan fingerprint density at radius 2 is 2.08 bits per heavy atom. The molecule has 3 rings (SSSR count). The van der Waals surface area contributed by atoms with Gasteiger partial charge in [-0.2, -0.15) is 0 Å². The Morgan fingerprint density at radius 1 is 1.28 bits per heavy atom. The summed E-state index contributed by atoms with van der Waals surface area (Å²) in [6.45, 7) is 2.19. The van der Waals surface area contributed by atoms with Crippen molar-refractivity contribution in [2.45, 2.75) is 38.3 Å². The maximum Gasteiger partial charge on any atom is 0.223 e. The van der Waals surface area contributed by atoms with E-state index in [9.17, 15) is 9.18 Å². The quantitative estimate of drug-likeness (QED) is 0.688. The third-order valence-electron chi connectivity index (χ3n) is 4.74. The minimum atomic E-state index is -0.233. The van der Waals surface area contributed by atoms with E-state index in [0.717, 1.165) is 37.9 Å². The van der Waals surface area contributed by atoms with Crippen LogP contribution in [-0.2, 0) is 11.3 Å². The fraction of sp³-hybridized carbons (Fsp3) is 0.474. The topological polar surface area (TPSA) is 59.0 Å². The highest BCUT2D eigenvalue weighted by Gasteiger charge is 2.24. The summed E-state index contributed by atoms with van der Waals surface area (Å²) >= 11 is 0. The molecule has 0 aliphatic heterocycles. The molecule has 1 aromatic heterocycles. The maximum atomic E-state index is 13.2. The summed E-state index contributed by atoms with van der Waals surface area (Å²) in [5, 5.41) is 6.51. The van der Waals surface area contributed by atoms with Gasteiger partial charge in [-0.1, -0.05) is 18.6 Å². The van der Waals surface area contributed by atoms with E-state index in [1.54, 1.807) is 12.5 Å². The van der Waals surface area contributed by atoms with Gasteiger partial charge >= 0.3 is 0 Å². The van der Waals surface area contributed by atoms with E-state index in [1.165, 1.54) is 18.6 Å². The molecule has 1 amide bonds. The lowest BCUT2D eigenvalue weighted by atomic mass is 9.85. The normalized spacial score (nSPS) is 15.6. The molecule has 1 atom stereocenters. The van der Waals surface area contributed by atoms with Crippen molar-refractivity contribution in [3.63, 3.8) is 0 Å². The van der Waals surface area contributed by atoms with Crippen LogP contribution in [-0.4, -0.2) is 28.5 Å². The third kappa shape index (κ3) is 5.13. The van der Waals surface area contributed by atoms with Crippen LogP contribution >= 0.6 is 0 Å². The Morgan fingerprint density at radius 3 is 2.72 bits per heavy atom. The van der Waals surface area contributed by atoms with E-state index < -0.39 is 0 Å². The van der Waals surface area contributed by atoms with Gasteiger partial charge in [0, 0.05) is 31.4 Å². The average Bonchev–Trinajstić information content (AvgIpc) is 3.06. The van der Waals surface area contributed by atoms with Crippen molar-refractivity contribution < 1.29 is 9.18 Å². The number of hydrogen-bond acceptors (Lipinski definition) is 3. The van der Waals surface area contributed by atoms with E-state index in [4.69, 9.17) is 0 Å². The molecule has 1 aromatic carbocycles. The molecule has 0 radical (unpaired) electrons. The number of imidazole rings is 1. The van der Waals surface area contributed by atoms with Crippen LogP contribution in [0.3, 0.4) is 0 Å². The second-order valence-corrected chi connectivity index (χ2v) is 6.59. The van der Waals surface area contributed by atoms with Gasteiger partial charge < -0.3 is 15.2 Å². The van der Waals surface area contributed by atoms with Gasteiger partial charge in [0.15, 0.2) is 0 Å². The molecule has 0 bridgehead atoms. The predicted octanol–water partition coefficient (Wildman–Crippen LogP) is 2.66. The van der Waals surface area contributed by atoms with Crippen molar-refractivity contribution in [2.24, 2.45) is 5.92 Å². The van der Waals surface area contributed by atoms with Gasteiger partial charge in [0.1, 0.15) is 5.82 Å². The minimum absolute atomic E-state index is 0.0668. The summed E-state index contributed by atoms with van der Waals surface area (Å²) in [7, 11) is 0. The van der Waals surface area contributed by atoms with Crippen LogP contribution in [0.2, 0.25) is 0 Å². The first kappa shape index (κ1) is 17.6. The number of halogens is 1. The fourth-order valence-corrected chi connectivity index (χ4v) is 2.98. The van der Waals surface area contributed by atoms with Gasteiger partial charge in [-0.15, -0.1) is 0 Å². The Labute approximate surface area is 147 Å². The number of carbonyl (C=O) groups is 1. The lowest BCUT2D eigenvalue weighted by molar-refractivity contribution is -0.127. The van der Waals surface area contributed by atoms with E-state index in [1.807, 2.05) is 22.9 Å². The molecular formula is C19H25FN4O. The maximum absolute atomic E-state index is 13.2. The molecular weight excluding hydrogens is 319 g/mol. The van der Waals surface area contributed by atoms with Crippen molar-refractivity contribution in [1.82, 2.24) is 20.2 Å². The van der Waals surface area contributed by atoms with Crippen LogP contribution in [0.5, 0.6) is 0 Å². The molecule has 2 N–H and O–H groups in total. The highest BCUT2D eigenvalue weighted by molar-refractivity contribution is 5.79. The number of rotatable bonds is 9. The zero-order valence-corrected chi connectivity index (χ0v) is 14.3. The Balaban J connectivity index is 1.47. The Bertz CT molecular complexity index is 653. The van der Waals surface area contributed by atoms with Crippen molar-refractivity contribution >= 4 is 5.91 Å². The number of hydrogen-bond donors (Lipinski definition) is 2. The first-order valence-corrected chi connectivity index (χ1v) is 8.94. The summed E-state index contributed by atoms with van der Waals surface area (Å²) < 4.78 is 15.2. The largest absolute Gasteiger partial charge is 0.356 e. The fourth-order valence-electron chi connectivity index (χ4n) is 2.98. The zero-order valence-electron chi connectivity index (χ0n) is 14.3. The van der Waals surface area contributed by atoms with Gasteiger partial charge in [-0.25, -0.2) is 9.37 Å². The summed E-state index contributed by atoms with van der Waals surface area (Å²) in [6.07, 6.45) is 9.53. The number of amides is 1. The van der Waals surface area contributed by atoms with E-state index in [-0.39, 0.29) is 23.7 Å². The monoisotopic (exact) mass is 344 g/mol. The summed E-state index contributed by atoms with van der Waals surface area (Å²) in [6, 6.07) is 6.65. The lowest BCUT2D eigenvalue weighted by Crippen LogP contribution is -2.36. The molecule has 1 aliphatic carbocycles. The Kier molecular flexibility index (Phi) is 6.17. The predicted molar refractivity (Wildman–Crippen MR) is 94.3 cm³/mol. The number of nitrogens with one attached hydrogen (secondary N) is 2. The van der Waals surface area contributed by atoms with E-state index in [0.29, 0.717) is 6.54 Å². The van der Waals surface area contributed by atoms with Gasteiger partial charge in [-0.3, -0.25) is 4.79 Å². The third-order valence-corrected chi connectivity index (χ3v) is 4.74. The molecule has 1 unspecified atom stereocenters. The molecule has 1 saturated carbocycles. The summed E-state index contributed by atoms with van der Waals surface area (Å²) in [5.74, 6) is 0.199. The van der Waals surface area contributed by atoms with E-state index in [2.05, 4.69) is 15.6 Å². The molecule has 1 heterocycles. The van der Waals surface area contributed by atoms with Gasteiger partial charge in [0.25, 0.3) is 0 Å². The van der Waals surface area contributed by atoms with Gasteiger partial charge in [0.05, 0.1) is 12.4 Å². The summed E-state index contributed by atoms with van der Waals surface area (Å²) in [5.41, 5.74) is 1.04. The highest BCUT2D eigenvalue weighted by Crippen LogP contribution is 2.26. The second-order valence-electron chi connectivity index (χ2n) is 6.59. The molecule has 1 aliphatic rings. The van der Waals surface area contributed by atoms with Gasteiger partial charge in [0.2, 0.25) is 5.91 Å². The van der Waals surface area contributed by atoms with Gasteiger partial charge in [-0.05, 0) is 43.5 Å². The molecule has 6 heteroatoms. The molecule has 5 nitrogen and oxygen atoms in total. The average molecular weight is 344 g/mol. The van der Waals surface area contributed by atoms with Crippen molar-refractivity contribution in [1.29, 1.82) is 0 Å². The van der Waals surface area contributed by atoms with Crippen molar-refractivity contribution in [3.8, 4) is 0 Å². The smallest absolute Gasteiger partial charge is 0.223 e. The van der Waals surface area contributed by atoms with E-state index >= 15 is 0 Å². The standard InChI is InChI=1S/C19H25FN4O/c20-17-7-5-15(6-8-17)18(13-24-12-11-21-14-24)22-9-2-10-23-19(25)16-3-1-4-16/h5-8,11-12,14,16,18,22H,1-4,9-10,13H2,(H,23,25). The van der Waals surface area contributed by atoms with Crippen LogP contribution < -0.4 is 10.6 Å². The SMILES string of the molecule is O=C(NCCCNC(Cn1ccnc1)c1ccc(F)cc1)C1CCC1. The minimum Gasteiger partial charge on any atom is -0.356 e. The molecule has 1 fully saturated rings. The molecule has 0 saturated heterocycles. The highest BCUT2D eigenvalue weighted by atomic mass is 19.1. The zero-order chi connectivity index (χ0) is 17.5. The number of aromatic nitrogens is 2. The Hall–Kier alpha value is -2.21. The molecule has 25 heavy (non-hydrogen) atoms. The van der Waals surface area contributed by atoms with Crippen LogP contribution in [0.15, 0.2) is 43.0 Å². The van der Waals surface area contributed by atoms with Crippen LogP contribution in [0.4, 0.5) is 4.39 Å². The van der Waals surface area contributed by atoms with Crippen molar-refractivity contribution in [2.75, 3.05) is 13.1 Å². The molecule has 134 valence electrons. The number of carbonyl (C=O) groups excluding carboxylic acids is 1.